The van der Waals surface area contributed by atoms with E-state index in [-0.39, 0.29) is 0 Å². The number of methoxy groups -OCH3 is 2. The largest absolute Gasteiger partial charge is 0.383 e. The molecule has 0 bridgehead atoms. The minimum Gasteiger partial charge on any atom is -0.383 e. The van der Waals surface area contributed by atoms with Crippen LogP contribution >= 0.6 is 0 Å². The zero-order valence-corrected chi connectivity index (χ0v) is 11.2. The van der Waals surface area contributed by atoms with Crippen LogP contribution in [0.2, 0.25) is 0 Å². The summed E-state index contributed by atoms with van der Waals surface area (Å²) in [5.41, 5.74) is 0. The highest BCUT2D eigenvalue weighted by Gasteiger charge is 2.06. The summed E-state index contributed by atoms with van der Waals surface area (Å²) in [6.45, 7) is 7.86. The molecule has 16 heavy (non-hydrogen) atoms. The summed E-state index contributed by atoms with van der Waals surface area (Å²) in [6, 6.07) is 0.934. The third kappa shape index (κ3) is 8.05. The van der Waals surface area contributed by atoms with Gasteiger partial charge in [-0.15, -0.1) is 0 Å². The molecular weight excluding hydrogens is 204 g/mol. The highest BCUT2D eigenvalue weighted by atomic mass is 16.5. The van der Waals surface area contributed by atoms with Crippen LogP contribution in [0, 0.1) is 0 Å². The maximum absolute atomic E-state index is 5.13. The van der Waals surface area contributed by atoms with Gasteiger partial charge in [0, 0.05) is 39.4 Å². The number of nitrogens with one attached hydrogen (secondary N) is 2. The van der Waals surface area contributed by atoms with Crippen LogP contribution in [-0.4, -0.2) is 52.6 Å². The van der Waals surface area contributed by atoms with Crippen LogP contribution in [0.5, 0.6) is 0 Å². The first kappa shape index (κ1) is 15.8. The van der Waals surface area contributed by atoms with E-state index in [0.717, 1.165) is 39.1 Å². The van der Waals surface area contributed by atoms with Gasteiger partial charge in [-0.2, -0.15) is 0 Å². The molecule has 0 aliphatic rings. The number of ether oxygens (including phenoxy) is 2. The molecule has 0 amide bonds. The molecule has 2 atom stereocenters. The summed E-state index contributed by atoms with van der Waals surface area (Å²) in [7, 11) is 3.49. The second-order valence-corrected chi connectivity index (χ2v) is 4.03. The van der Waals surface area contributed by atoms with Crippen molar-refractivity contribution in [3.05, 3.63) is 0 Å². The van der Waals surface area contributed by atoms with Gasteiger partial charge in [0.15, 0.2) is 0 Å². The molecule has 0 heterocycles. The van der Waals surface area contributed by atoms with Crippen molar-refractivity contribution in [1.29, 1.82) is 0 Å². The predicted molar refractivity (Wildman–Crippen MR) is 67.9 cm³/mol. The first-order valence-electron chi connectivity index (χ1n) is 6.23. The van der Waals surface area contributed by atoms with E-state index in [4.69, 9.17) is 9.47 Å². The minimum atomic E-state index is 0.467. The Hall–Kier alpha value is -0.160. The molecule has 0 aromatic heterocycles. The minimum absolute atomic E-state index is 0.467. The van der Waals surface area contributed by atoms with Gasteiger partial charge in [-0.05, 0) is 12.8 Å². The van der Waals surface area contributed by atoms with Crippen molar-refractivity contribution in [1.82, 2.24) is 10.6 Å². The van der Waals surface area contributed by atoms with Gasteiger partial charge in [-0.1, -0.05) is 13.8 Å². The smallest absolute Gasteiger partial charge is 0.0615 e. The van der Waals surface area contributed by atoms with Gasteiger partial charge >= 0.3 is 0 Å². The van der Waals surface area contributed by atoms with E-state index >= 15 is 0 Å². The molecule has 0 spiro atoms. The molecule has 4 nitrogen and oxygen atoms in total. The van der Waals surface area contributed by atoms with Gasteiger partial charge in [0.25, 0.3) is 0 Å². The van der Waals surface area contributed by atoms with E-state index in [1.807, 2.05) is 0 Å². The van der Waals surface area contributed by atoms with E-state index in [9.17, 15) is 0 Å². The third-order valence-electron chi connectivity index (χ3n) is 2.71. The van der Waals surface area contributed by atoms with Crippen molar-refractivity contribution in [2.75, 3.05) is 40.5 Å². The molecule has 0 aliphatic carbocycles. The highest BCUT2D eigenvalue weighted by Crippen LogP contribution is 1.92. The summed E-state index contributed by atoms with van der Waals surface area (Å²) in [6.07, 6.45) is 2.20. The molecule has 0 rings (SSSR count). The number of hydrogen-bond donors (Lipinski definition) is 2. The van der Waals surface area contributed by atoms with Gasteiger partial charge in [0.1, 0.15) is 0 Å². The standard InChI is InChI=1S/C12H28N2O2/c1-5-11(9-15-3)13-7-8-14-12(6-2)10-16-4/h11-14H,5-10H2,1-4H3. The second kappa shape index (κ2) is 11.3. The van der Waals surface area contributed by atoms with Crippen LogP contribution in [0.25, 0.3) is 0 Å². The Morgan fingerprint density at radius 2 is 1.19 bits per heavy atom. The summed E-state index contributed by atoms with van der Waals surface area (Å²) >= 11 is 0. The van der Waals surface area contributed by atoms with Crippen molar-refractivity contribution in [3.63, 3.8) is 0 Å². The van der Waals surface area contributed by atoms with E-state index < -0.39 is 0 Å². The zero-order valence-electron chi connectivity index (χ0n) is 11.2. The number of hydrogen-bond acceptors (Lipinski definition) is 4. The molecule has 2 unspecified atom stereocenters. The van der Waals surface area contributed by atoms with E-state index in [1.165, 1.54) is 0 Å². The Kier molecular flexibility index (Phi) is 11.2. The van der Waals surface area contributed by atoms with Gasteiger partial charge in [0.05, 0.1) is 13.2 Å². The van der Waals surface area contributed by atoms with Gasteiger partial charge < -0.3 is 20.1 Å². The molecule has 0 radical (unpaired) electrons. The Bertz CT molecular complexity index is 129. The fourth-order valence-electron chi connectivity index (χ4n) is 1.60. The van der Waals surface area contributed by atoms with Crippen molar-refractivity contribution in [2.24, 2.45) is 0 Å². The topological polar surface area (TPSA) is 42.5 Å². The normalized spacial score (nSPS) is 15.0. The van der Waals surface area contributed by atoms with Crippen molar-refractivity contribution < 1.29 is 9.47 Å². The van der Waals surface area contributed by atoms with Crippen molar-refractivity contribution >= 4 is 0 Å². The Morgan fingerprint density at radius 3 is 1.44 bits per heavy atom. The zero-order chi connectivity index (χ0) is 12.2. The maximum Gasteiger partial charge on any atom is 0.0615 e. The van der Waals surface area contributed by atoms with Crippen molar-refractivity contribution in [3.8, 4) is 0 Å². The molecule has 0 fully saturated rings. The summed E-state index contributed by atoms with van der Waals surface area (Å²) in [5.74, 6) is 0. The fraction of sp³-hybridized carbons (Fsp3) is 1.00. The van der Waals surface area contributed by atoms with E-state index in [0.29, 0.717) is 12.1 Å². The Labute approximate surface area is 100 Å². The van der Waals surface area contributed by atoms with Gasteiger partial charge in [-0.3, -0.25) is 0 Å². The monoisotopic (exact) mass is 232 g/mol. The lowest BCUT2D eigenvalue weighted by atomic mass is 10.2. The summed E-state index contributed by atoms with van der Waals surface area (Å²) in [4.78, 5) is 0. The third-order valence-corrected chi connectivity index (χ3v) is 2.71. The molecule has 0 saturated carbocycles. The van der Waals surface area contributed by atoms with Crippen LogP contribution in [0.15, 0.2) is 0 Å². The van der Waals surface area contributed by atoms with E-state index in [2.05, 4.69) is 24.5 Å². The van der Waals surface area contributed by atoms with Gasteiger partial charge in [0.2, 0.25) is 0 Å². The van der Waals surface area contributed by atoms with Gasteiger partial charge in [-0.25, -0.2) is 0 Å². The number of rotatable bonds is 11. The van der Waals surface area contributed by atoms with Crippen LogP contribution in [0.1, 0.15) is 26.7 Å². The molecular formula is C12H28N2O2. The molecule has 98 valence electrons. The van der Waals surface area contributed by atoms with Crippen LogP contribution in [0.3, 0.4) is 0 Å². The molecule has 0 saturated heterocycles. The molecule has 2 N–H and O–H groups in total. The fourth-order valence-corrected chi connectivity index (χ4v) is 1.60. The SMILES string of the molecule is CCC(COC)NCCNC(CC)COC. The predicted octanol–water partition coefficient (Wildman–Crippen LogP) is 1.02. The lowest BCUT2D eigenvalue weighted by molar-refractivity contribution is 0.158. The average Bonchev–Trinajstić information content (AvgIpc) is 2.31. The molecule has 0 aromatic rings. The van der Waals surface area contributed by atoms with E-state index in [1.54, 1.807) is 14.2 Å². The van der Waals surface area contributed by atoms with Crippen LogP contribution in [0.4, 0.5) is 0 Å². The lowest BCUT2D eigenvalue weighted by Gasteiger charge is -2.19. The van der Waals surface area contributed by atoms with Crippen LogP contribution < -0.4 is 10.6 Å². The highest BCUT2D eigenvalue weighted by molar-refractivity contribution is 4.67. The summed E-state index contributed by atoms with van der Waals surface area (Å²) in [5, 5.41) is 6.93. The summed E-state index contributed by atoms with van der Waals surface area (Å²) < 4.78 is 10.3. The lowest BCUT2D eigenvalue weighted by Crippen LogP contribution is -2.41. The average molecular weight is 232 g/mol. The molecule has 4 heteroatoms. The first-order valence-corrected chi connectivity index (χ1v) is 6.23. The maximum atomic E-state index is 5.13. The Morgan fingerprint density at radius 1 is 0.812 bits per heavy atom. The van der Waals surface area contributed by atoms with Crippen LogP contribution in [-0.2, 0) is 9.47 Å². The first-order chi connectivity index (χ1) is 7.78. The quantitative estimate of drug-likeness (QED) is 0.522. The molecule has 0 aromatic carbocycles. The molecule has 0 aliphatic heterocycles. The second-order valence-electron chi connectivity index (χ2n) is 4.03. The Balaban J connectivity index is 3.48. The van der Waals surface area contributed by atoms with Crippen molar-refractivity contribution in [2.45, 2.75) is 38.8 Å².